The molecule has 0 saturated carbocycles. The molecule has 0 aliphatic carbocycles. The second-order valence-electron chi connectivity index (χ2n) is 9.69. The summed E-state index contributed by atoms with van der Waals surface area (Å²) in [6.45, 7) is 3.61. The lowest BCUT2D eigenvalue weighted by Crippen LogP contribution is -2.48. The molecule has 0 radical (unpaired) electrons. The third-order valence-corrected chi connectivity index (χ3v) is 7.85. The molecule has 1 aliphatic heterocycles. The van der Waals surface area contributed by atoms with E-state index in [1.54, 1.807) is 12.3 Å². The topological polar surface area (TPSA) is 160 Å². The molecule has 2 amide bonds. The third kappa shape index (κ3) is 6.64. The van der Waals surface area contributed by atoms with Crippen molar-refractivity contribution in [2.24, 2.45) is 5.73 Å². The number of ketones is 1. The Hall–Kier alpha value is -3.74. The zero-order valence-corrected chi connectivity index (χ0v) is 23.3. The van der Waals surface area contributed by atoms with Crippen molar-refractivity contribution < 1.29 is 14.4 Å². The Morgan fingerprint density at radius 2 is 1.72 bits per heavy atom. The highest BCUT2D eigenvalue weighted by molar-refractivity contribution is 7.99. The van der Waals surface area contributed by atoms with Gasteiger partial charge in [-0.3, -0.25) is 14.4 Å². The molecular weight excluding hydrogens is 540 g/mol. The Labute approximate surface area is 235 Å². The lowest BCUT2D eigenvalue weighted by Gasteiger charge is -2.37. The minimum absolute atomic E-state index is 0.149. The van der Waals surface area contributed by atoms with Crippen LogP contribution in [0.25, 0.3) is 0 Å². The van der Waals surface area contributed by atoms with Crippen LogP contribution in [0.4, 0.5) is 17.5 Å². The Balaban J connectivity index is 1.44. The van der Waals surface area contributed by atoms with Crippen molar-refractivity contribution >= 4 is 58.4 Å². The van der Waals surface area contributed by atoms with Crippen LogP contribution in [-0.4, -0.2) is 70.2 Å². The second kappa shape index (κ2) is 11.6. The van der Waals surface area contributed by atoms with Crippen molar-refractivity contribution in [3.8, 4) is 0 Å². The maximum absolute atomic E-state index is 12.8. The van der Waals surface area contributed by atoms with E-state index in [1.807, 2.05) is 6.92 Å². The Kier molecular flexibility index (Phi) is 8.38. The normalized spacial score (nSPS) is 14.5. The van der Waals surface area contributed by atoms with Gasteiger partial charge in [0.1, 0.15) is 10.8 Å². The standard InChI is InChI=1S/C26H29ClN8O3S/c1-26(29)9-12-35(13-10-26)18-14-31-24(21(28)32-18)39-17-8-11-30-22(19(17)27)33-23(37)16-6-4-15(5-7-16)20(36)25(38)34(2)3/h4-8,11,14H,9-10,12-13,29H2,1-3H3,(H2,28,32)(H,30,33,37). The number of amides is 2. The van der Waals surface area contributed by atoms with Crippen LogP contribution in [0, 0.1) is 0 Å². The molecule has 1 fully saturated rings. The van der Waals surface area contributed by atoms with Crippen molar-refractivity contribution in [1.29, 1.82) is 0 Å². The number of carbonyl (C=O) groups is 3. The number of rotatable bonds is 7. The van der Waals surface area contributed by atoms with Gasteiger partial charge in [0.05, 0.1) is 11.2 Å². The first kappa shape index (κ1) is 28.3. The Bertz CT molecular complexity index is 1400. The molecule has 13 heteroatoms. The van der Waals surface area contributed by atoms with E-state index in [1.165, 1.54) is 61.2 Å². The van der Waals surface area contributed by atoms with Crippen LogP contribution in [0.3, 0.4) is 0 Å². The van der Waals surface area contributed by atoms with E-state index in [-0.39, 0.29) is 33.3 Å². The highest BCUT2D eigenvalue weighted by Gasteiger charge is 2.27. The average Bonchev–Trinajstić information content (AvgIpc) is 2.91. The maximum Gasteiger partial charge on any atom is 0.294 e. The number of anilines is 3. The molecular formula is C26H29ClN8O3S. The van der Waals surface area contributed by atoms with Gasteiger partial charge in [-0.2, -0.15) is 0 Å². The monoisotopic (exact) mass is 568 g/mol. The van der Waals surface area contributed by atoms with Gasteiger partial charge in [-0.15, -0.1) is 0 Å². The van der Waals surface area contributed by atoms with Crippen molar-refractivity contribution in [3.63, 3.8) is 0 Å². The first-order chi connectivity index (χ1) is 18.4. The zero-order chi connectivity index (χ0) is 28.3. The van der Waals surface area contributed by atoms with Gasteiger partial charge in [-0.25, -0.2) is 15.0 Å². The minimum Gasteiger partial charge on any atom is -0.381 e. The lowest BCUT2D eigenvalue weighted by molar-refractivity contribution is -0.124. The van der Waals surface area contributed by atoms with Gasteiger partial charge in [-0.1, -0.05) is 35.5 Å². The number of piperidine rings is 1. The quantitative estimate of drug-likeness (QED) is 0.285. The molecule has 1 aliphatic rings. The van der Waals surface area contributed by atoms with Crippen LogP contribution in [0.5, 0.6) is 0 Å². The van der Waals surface area contributed by atoms with Crippen molar-refractivity contribution in [1.82, 2.24) is 19.9 Å². The molecule has 4 rings (SSSR count). The fraction of sp³-hybridized carbons (Fsp3) is 0.308. The van der Waals surface area contributed by atoms with Gasteiger partial charge in [0.2, 0.25) is 5.78 Å². The number of Topliss-reactive ketones (excluding diaryl/α,β-unsaturated/α-hetero) is 1. The first-order valence-corrected chi connectivity index (χ1v) is 13.3. The van der Waals surface area contributed by atoms with E-state index in [0.717, 1.165) is 25.9 Å². The average molecular weight is 569 g/mol. The molecule has 0 atom stereocenters. The summed E-state index contributed by atoms with van der Waals surface area (Å²) in [4.78, 5) is 54.0. The molecule has 2 aromatic heterocycles. The molecule has 0 bridgehead atoms. The van der Waals surface area contributed by atoms with E-state index in [4.69, 9.17) is 23.1 Å². The van der Waals surface area contributed by atoms with E-state index in [9.17, 15) is 14.4 Å². The highest BCUT2D eigenvalue weighted by atomic mass is 35.5. The van der Waals surface area contributed by atoms with Gasteiger partial charge in [0, 0.05) is 54.9 Å². The van der Waals surface area contributed by atoms with Gasteiger partial charge in [0.25, 0.3) is 11.8 Å². The number of nitrogens with two attached hydrogens (primary N) is 2. The Morgan fingerprint density at radius 3 is 2.33 bits per heavy atom. The van der Waals surface area contributed by atoms with Crippen LogP contribution in [-0.2, 0) is 4.79 Å². The van der Waals surface area contributed by atoms with Gasteiger partial charge >= 0.3 is 0 Å². The van der Waals surface area contributed by atoms with Crippen LogP contribution >= 0.6 is 23.4 Å². The molecule has 3 aromatic rings. The number of nitrogens with one attached hydrogen (secondary N) is 1. The molecule has 1 aromatic carbocycles. The summed E-state index contributed by atoms with van der Waals surface area (Å²) >= 11 is 7.77. The van der Waals surface area contributed by atoms with E-state index in [0.29, 0.717) is 15.7 Å². The number of hydrogen-bond acceptors (Lipinski definition) is 10. The largest absolute Gasteiger partial charge is 0.381 e. The minimum atomic E-state index is -0.661. The number of pyridine rings is 1. The third-order valence-electron chi connectivity index (χ3n) is 6.28. The number of likely N-dealkylation sites (N-methyl/N-ethyl adjacent to an activating group) is 1. The van der Waals surface area contributed by atoms with Crippen molar-refractivity contribution in [3.05, 3.63) is 58.9 Å². The maximum atomic E-state index is 12.8. The summed E-state index contributed by atoms with van der Waals surface area (Å²) in [5.41, 5.74) is 12.7. The molecule has 1 saturated heterocycles. The van der Waals surface area contributed by atoms with E-state index < -0.39 is 17.6 Å². The highest BCUT2D eigenvalue weighted by Crippen LogP contribution is 2.38. The van der Waals surface area contributed by atoms with Crippen molar-refractivity contribution in [2.45, 2.75) is 35.2 Å². The molecule has 0 unspecified atom stereocenters. The number of aromatic nitrogens is 3. The molecule has 5 N–H and O–H groups in total. The second-order valence-corrected chi connectivity index (χ2v) is 11.1. The fourth-order valence-corrected chi connectivity index (χ4v) is 4.89. The number of benzene rings is 1. The molecule has 3 heterocycles. The smallest absolute Gasteiger partial charge is 0.294 e. The molecule has 204 valence electrons. The SMILES string of the molecule is CN(C)C(=O)C(=O)c1ccc(C(=O)Nc2nccc(Sc3ncc(N4CCC(C)(N)CC4)nc3N)c2Cl)cc1. The molecule has 39 heavy (non-hydrogen) atoms. The van der Waals surface area contributed by atoms with Crippen LogP contribution < -0.4 is 21.7 Å². The number of nitrogens with zero attached hydrogens (tertiary/aromatic N) is 5. The zero-order valence-electron chi connectivity index (χ0n) is 21.8. The predicted octanol–water partition coefficient (Wildman–Crippen LogP) is 3.10. The van der Waals surface area contributed by atoms with E-state index >= 15 is 0 Å². The summed E-state index contributed by atoms with van der Waals surface area (Å²) in [5.74, 6) is -0.687. The number of carbonyl (C=O) groups excluding carboxylic acids is 3. The van der Waals surface area contributed by atoms with E-state index in [2.05, 4.69) is 25.2 Å². The summed E-state index contributed by atoms with van der Waals surface area (Å²) in [6.07, 6.45) is 4.89. The molecule has 11 nitrogen and oxygen atoms in total. The summed E-state index contributed by atoms with van der Waals surface area (Å²) in [7, 11) is 2.99. The number of hydrogen-bond donors (Lipinski definition) is 3. The van der Waals surface area contributed by atoms with Crippen LogP contribution in [0.15, 0.2) is 52.6 Å². The Morgan fingerprint density at radius 1 is 1.08 bits per heavy atom. The van der Waals surface area contributed by atoms with Crippen molar-refractivity contribution in [2.75, 3.05) is 43.1 Å². The summed E-state index contributed by atoms with van der Waals surface area (Å²) in [5, 5.41) is 3.36. The van der Waals surface area contributed by atoms with Gasteiger partial charge < -0.3 is 26.6 Å². The first-order valence-electron chi connectivity index (χ1n) is 12.1. The van der Waals surface area contributed by atoms with Crippen LogP contribution in [0.1, 0.15) is 40.5 Å². The number of nitrogen functional groups attached to an aromatic ring is 1. The van der Waals surface area contributed by atoms with Crippen LogP contribution in [0.2, 0.25) is 5.02 Å². The number of halogens is 1. The fourth-order valence-electron chi connectivity index (χ4n) is 3.84. The summed E-state index contributed by atoms with van der Waals surface area (Å²) in [6, 6.07) is 7.43. The molecule has 0 spiro atoms. The van der Waals surface area contributed by atoms with Gasteiger partial charge in [0.15, 0.2) is 11.6 Å². The predicted molar refractivity (Wildman–Crippen MR) is 151 cm³/mol. The lowest BCUT2D eigenvalue weighted by atomic mass is 9.91. The van der Waals surface area contributed by atoms with Gasteiger partial charge in [-0.05, 0) is 38.0 Å². The summed E-state index contributed by atoms with van der Waals surface area (Å²) < 4.78 is 0.